The Labute approximate surface area is 209 Å². The smallest absolute Gasteiger partial charge is 0.475 e. The van der Waals surface area contributed by atoms with Crippen molar-refractivity contribution in [2.75, 3.05) is 13.1 Å². The lowest BCUT2D eigenvalue weighted by molar-refractivity contribution is -0.192. The average molecular weight is 530 g/mol. The molecule has 11 heteroatoms. The van der Waals surface area contributed by atoms with Gasteiger partial charge >= 0.3 is 12.1 Å². The third-order valence-electron chi connectivity index (χ3n) is 6.01. The van der Waals surface area contributed by atoms with Gasteiger partial charge in [0.1, 0.15) is 11.6 Å². The fourth-order valence-electron chi connectivity index (χ4n) is 4.07. The molecular weight excluding hydrogens is 505 g/mol. The molecule has 2 aromatic carbocycles. The molecule has 1 aromatic heterocycles. The second-order valence-electron chi connectivity index (χ2n) is 9.47. The predicted octanol–water partition coefficient (Wildman–Crippen LogP) is 6.62. The summed E-state index contributed by atoms with van der Waals surface area (Å²) in [6, 6.07) is 13.4. The number of hydrogen-bond donors (Lipinski definition) is 2. The first-order valence-electron chi connectivity index (χ1n) is 11.0. The molecule has 1 saturated heterocycles. The quantitative estimate of drug-likeness (QED) is 0.374. The average Bonchev–Trinajstić information content (AvgIpc) is 3.41. The maximum Gasteiger partial charge on any atom is 0.490 e. The van der Waals surface area contributed by atoms with E-state index in [1.807, 2.05) is 30.3 Å². The standard InChI is InChI=1S/C23H24ClF2N3.C2HF3O2/c1-23(2,3)29-12-18(17-9-8-16(25)10-20(17)26)19(13-29)22-11-21(27-28-22)14-4-6-15(24)7-5-14;3-2(4,5)1(6)7/h4-11,18-19H,12-13H2,1-3H3,(H,27,28);(H,6,7)/t18-,19+;/m0./s1. The number of hydrogen-bond acceptors (Lipinski definition) is 3. The van der Waals surface area contributed by atoms with Gasteiger partial charge in [-0.1, -0.05) is 29.8 Å². The maximum atomic E-state index is 14.6. The zero-order valence-electron chi connectivity index (χ0n) is 19.7. The highest BCUT2D eigenvalue weighted by Gasteiger charge is 2.41. The molecule has 0 radical (unpaired) electrons. The van der Waals surface area contributed by atoms with E-state index in [-0.39, 0.29) is 17.4 Å². The van der Waals surface area contributed by atoms with Crippen molar-refractivity contribution < 1.29 is 31.9 Å². The third-order valence-corrected chi connectivity index (χ3v) is 6.26. The van der Waals surface area contributed by atoms with Crippen molar-refractivity contribution >= 4 is 17.6 Å². The van der Waals surface area contributed by atoms with Gasteiger partial charge in [0.05, 0.1) is 11.4 Å². The summed E-state index contributed by atoms with van der Waals surface area (Å²) in [6.07, 6.45) is -5.08. The van der Waals surface area contributed by atoms with E-state index in [0.29, 0.717) is 17.1 Å². The molecule has 0 saturated carbocycles. The first kappa shape index (κ1) is 27.6. The van der Waals surface area contributed by atoms with Gasteiger partial charge < -0.3 is 5.11 Å². The summed E-state index contributed by atoms with van der Waals surface area (Å²) in [5.41, 5.74) is 3.25. The van der Waals surface area contributed by atoms with Crippen LogP contribution in [0.2, 0.25) is 5.02 Å². The van der Waals surface area contributed by atoms with Gasteiger partial charge in [0.15, 0.2) is 0 Å². The van der Waals surface area contributed by atoms with Crippen LogP contribution in [0, 0.1) is 11.6 Å². The second-order valence-corrected chi connectivity index (χ2v) is 9.91. The first-order chi connectivity index (χ1) is 16.7. The molecule has 2 N–H and O–H groups in total. The van der Waals surface area contributed by atoms with Crippen molar-refractivity contribution in [3.63, 3.8) is 0 Å². The molecule has 1 aliphatic rings. The zero-order valence-corrected chi connectivity index (χ0v) is 20.5. The maximum absolute atomic E-state index is 14.6. The Balaban J connectivity index is 0.000000454. The number of carboxylic acids is 1. The van der Waals surface area contributed by atoms with E-state index in [1.165, 1.54) is 6.07 Å². The molecular formula is C25H25ClF5N3O2. The summed E-state index contributed by atoms with van der Waals surface area (Å²) in [5, 5.41) is 15.5. The van der Waals surface area contributed by atoms with Crippen LogP contribution in [0.4, 0.5) is 22.0 Å². The van der Waals surface area contributed by atoms with Gasteiger partial charge in [-0.25, -0.2) is 13.6 Å². The number of aromatic amines is 1. The SMILES string of the molecule is CC(C)(C)N1C[C@@H](c2cc(-c3ccc(Cl)cc3)[nH]n2)[C@H](c2ccc(F)cc2F)C1.O=C(O)C(F)(F)F. The lowest BCUT2D eigenvalue weighted by Crippen LogP contribution is -2.39. The Morgan fingerprint density at radius 3 is 2.14 bits per heavy atom. The molecule has 5 nitrogen and oxygen atoms in total. The fraction of sp³-hybridized carbons (Fsp3) is 0.360. The van der Waals surface area contributed by atoms with Gasteiger partial charge in [0.2, 0.25) is 0 Å². The third kappa shape index (κ3) is 6.61. The van der Waals surface area contributed by atoms with Crippen LogP contribution < -0.4 is 0 Å². The van der Waals surface area contributed by atoms with Gasteiger partial charge in [-0.05, 0) is 56.2 Å². The molecule has 0 aliphatic carbocycles. The summed E-state index contributed by atoms with van der Waals surface area (Å²) < 4.78 is 59.8. The monoisotopic (exact) mass is 529 g/mol. The summed E-state index contributed by atoms with van der Waals surface area (Å²) in [7, 11) is 0. The number of nitrogens with one attached hydrogen (secondary N) is 1. The number of rotatable bonds is 3. The molecule has 2 atom stereocenters. The van der Waals surface area contributed by atoms with Crippen LogP contribution in [-0.4, -0.2) is 51.0 Å². The van der Waals surface area contributed by atoms with E-state index >= 15 is 0 Å². The van der Waals surface area contributed by atoms with E-state index in [9.17, 15) is 22.0 Å². The van der Waals surface area contributed by atoms with E-state index < -0.39 is 23.8 Å². The van der Waals surface area contributed by atoms with Crippen LogP contribution in [0.5, 0.6) is 0 Å². The number of aliphatic carboxylic acids is 1. The summed E-state index contributed by atoms with van der Waals surface area (Å²) >= 11 is 5.99. The molecule has 0 unspecified atom stereocenters. The van der Waals surface area contributed by atoms with Crippen molar-refractivity contribution in [2.24, 2.45) is 0 Å². The van der Waals surface area contributed by atoms with Crippen molar-refractivity contribution in [2.45, 2.75) is 44.3 Å². The van der Waals surface area contributed by atoms with Crippen LogP contribution in [0.1, 0.15) is 43.9 Å². The number of aromatic nitrogens is 2. The summed E-state index contributed by atoms with van der Waals surface area (Å²) in [6.45, 7) is 7.90. The van der Waals surface area contributed by atoms with E-state index in [1.54, 1.807) is 6.07 Å². The number of alkyl halides is 3. The Hall–Kier alpha value is -2.98. The molecule has 2 heterocycles. The van der Waals surface area contributed by atoms with E-state index in [4.69, 9.17) is 21.5 Å². The highest BCUT2D eigenvalue weighted by molar-refractivity contribution is 6.30. The minimum atomic E-state index is -5.08. The zero-order chi connectivity index (χ0) is 26.8. The molecule has 1 aliphatic heterocycles. The molecule has 0 amide bonds. The molecule has 4 rings (SSSR count). The van der Waals surface area contributed by atoms with Gasteiger partial charge in [0, 0.05) is 41.6 Å². The highest BCUT2D eigenvalue weighted by Crippen LogP contribution is 2.43. The fourth-order valence-corrected chi connectivity index (χ4v) is 4.20. The predicted molar refractivity (Wildman–Crippen MR) is 126 cm³/mol. The minimum Gasteiger partial charge on any atom is -0.475 e. The number of H-pyrrole nitrogens is 1. The number of nitrogens with zero attached hydrogens (tertiary/aromatic N) is 2. The van der Waals surface area contributed by atoms with Gasteiger partial charge in [0.25, 0.3) is 0 Å². The van der Waals surface area contributed by atoms with Gasteiger partial charge in [-0.3, -0.25) is 10.00 Å². The van der Waals surface area contributed by atoms with Crippen LogP contribution >= 0.6 is 11.6 Å². The first-order valence-corrected chi connectivity index (χ1v) is 11.4. The molecule has 36 heavy (non-hydrogen) atoms. The second kappa shape index (κ2) is 10.6. The Bertz CT molecular complexity index is 1210. The number of carboxylic acid groups (broad SMARTS) is 1. The number of likely N-dealkylation sites (tertiary alicyclic amines) is 1. The molecule has 0 spiro atoms. The Kier molecular flexibility index (Phi) is 8.10. The van der Waals surface area contributed by atoms with Crippen LogP contribution in [0.25, 0.3) is 11.3 Å². The van der Waals surface area contributed by atoms with Crippen molar-refractivity contribution in [3.8, 4) is 11.3 Å². The van der Waals surface area contributed by atoms with E-state index in [2.05, 4.69) is 35.9 Å². The van der Waals surface area contributed by atoms with Gasteiger partial charge in [-0.2, -0.15) is 18.3 Å². The molecule has 1 fully saturated rings. The highest BCUT2D eigenvalue weighted by atomic mass is 35.5. The molecule has 194 valence electrons. The van der Waals surface area contributed by atoms with Crippen LogP contribution in [-0.2, 0) is 4.79 Å². The van der Waals surface area contributed by atoms with Gasteiger partial charge in [-0.15, -0.1) is 0 Å². The van der Waals surface area contributed by atoms with Crippen LogP contribution in [0.3, 0.4) is 0 Å². The molecule has 0 bridgehead atoms. The summed E-state index contributed by atoms with van der Waals surface area (Å²) in [5.74, 6) is -3.90. The minimum absolute atomic E-state index is 0.00601. The Morgan fingerprint density at radius 1 is 1.03 bits per heavy atom. The summed E-state index contributed by atoms with van der Waals surface area (Å²) in [4.78, 5) is 11.2. The largest absolute Gasteiger partial charge is 0.490 e. The van der Waals surface area contributed by atoms with E-state index in [0.717, 1.165) is 29.6 Å². The molecule has 3 aromatic rings. The number of benzene rings is 2. The lowest BCUT2D eigenvalue weighted by atomic mass is 9.86. The van der Waals surface area contributed by atoms with Crippen LogP contribution in [0.15, 0.2) is 48.5 Å². The normalized spacial score (nSPS) is 18.6. The van der Waals surface area contributed by atoms with Crippen molar-refractivity contribution in [3.05, 3.63) is 76.4 Å². The van der Waals surface area contributed by atoms with Crippen molar-refractivity contribution in [1.29, 1.82) is 0 Å². The topological polar surface area (TPSA) is 69.2 Å². The number of carbonyl (C=O) groups is 1. The Morgan fingerprint density at radius 2 is 1.61 bits per heavy atom. The lowest BCUT2D eigenvalue weighted by Gasteiger charge is -2.31. The number of halogens is 6. The van der Waals surface area contributed by atoms with Crippen molar-refractivity contribution in [1.82, 2.24) is 15.1 Å².